The minimum Gasteiger partial charge on any atom is -0.317 e. The van der Waals surface area contributed by atoms with Gasteiger partial charge in [0.05, 0.1) is 0 Å². The van der Waals surface area contributed by atoms with Crippen LogP contribution in [0.5, 0.6) is 0 Å². The molecule has 0 aromatic carbocycles. The van der Waals surface area contributed by atoms with Gasteiger partial charge >= 0.3 is 6.80 Å². The van der Waals surface area contributed by atoms with Gasteiger partial charge in [-0.3, -0.25) is 4.52 Å². The summed E-state index contributed by atoms with van der Waals surface area (Å²) in [4.78, 5) is 8.39. The van der Waals surface area contributed by atoms with Gasteiger partial charge in [-0.15, -0.1) is 0 Å². The number of nitrogens with two attached hydrogens (primary N) is 1. The highest BCUT2D eigenvalue weighted by Gasteiger charge is 2.14. The Morgan fingerprint density at radius 2 is 2.44 bits per heavy atom. The molecule has 0 fully saturated rings. The molecule has 0 rings (SSSR count). The Morgan fingerprint density at radius 3 is 2.56 bits per heavy atom. The molecule has 0 aromatic heterocycles. The highest BCUT2D eigenvalue weighted by Crippen LogP contribution is 2.47. The normalized spacial score (nSPS) is 20.3. The number of hydrogen-bond acceptors (Lipinski definition) is 3. The van der Waals surface area contributed by atoms with Crippen LogP contribution in [-0.2, 0) is 9.09 Å². The SMILES string of the molecule is C=CC(N)OP(=O)(O)S. The van der Waals surface area contributed by atoms with Crippen LogP contribution in [0.25, 0.3) is 0 Å². The summed E-state index contributed by atoms with van der Waals surface area (Å²) in [7, 11) is 0. The topological polar surface area (TPSA) is 72.5 Å². The molecule has 0 spiro atoms. The van der Waals surface area contributed by atoms with Crippen molar-refractivity contribution in [3.8, 4) is 0 Å². The van der Waals surface area contributed by atoms with Crippen molar-refractivity contribution in [3.05, 3.63) is 12.7 Å². The van der Waals surface area contributed by atoms with Gasteiger partial charge in [0, 0.05) is 0 Å². The Labute approximate surface area is 58.4 Å². The average molecular weight is 169 g/mol. The summed E-state index contributed by atoms with van der Waals surface area (Å²) in [6.07, 6.45) is 0.261. The smallest absolute Gasteiger partial charge is 0.317 e. The lowest BCUT2D eigenvalue weighted by atomic mass is 10.6. The first-order valence-electron chi connectivity index (χ1n) is 2.08. The number of hydrogen-bond donors (Lipinski definition) is 3. The van der Waals surface area contributed by atoms with E-state index in [1.165, 1.54) is 6.08 Å². The van der Waals surface area contributed by atoms with Gasteiger partial charge < -0.3 is 10.6 Å². The minimum atomic E-state index is -3.74. The van der Waals surface area contributed by atoms with Crippen molar-refractivity contribution in [1.82, 2.24) is 0 Å². The van der Waals surface area contributed by atoms with Crippen LogP contribution in [0.2, 0.25) is 0 Å². The lowest BCUT2D eigenvalue weighted by Crippen LogP contribution is -2.17. The predicted octanol–water partition coefficient (Wildman–Crippen LogP) is 0.504. The molecular weight excluding hydrogens is 161 g/mol. The van der Waals surface area contributed by atoms with Gasteiger partial charge in [-0.05, 0) is 6.08 Å². The highest BCUT2D eigenvalue weighted by atomic mass is 32.7. The van der Waals surface area contributed by atoms with Gasteiger partial charge in [-0.1, -0.05) is 18.8 Å². The molecule has 0 bridgehead atoms. The maximum Gasteiger partial charge on any atom is 0.385 e. The van der Waals surface area contributed by atoms with E-state index >= 15 is 0 Å². The molecule has 0 aromatic rings. The molecule has 54 valence electrons. The molecule has 9 heavy (non-hydrogen) atoms. The third-order valence-electron chi connectivity index (χ3n) is 0.491. The monoisotopic (exact) mass is 169 g/mol. The molecule has 0 saturated carbocycles. The molecule has 0 radical (unpaired) electrons. The fourth-order valence-electron chi connectivity index (χ4n) is 0.202. The van der Waals surface area contributed by atoms with Crippen molar-refractivity contribution in [1.29, 1.82) is 0 Å². The zero-order chi connectivity index (χ0) is 7.49. The Morgan fingerprint density at radius 1 is 2.00 bits per heavy atom. The lowest BCUT2D eigenvalue weighted by molar-refractivity contribution is 0.231. The van der Waals surface area contributed by atoms with E-state index in [1.54, 1.807) is 0 Å². The second-order valence-corrected chi connectivity index (χ2v) is 4.00. The van der Waals surface area contributed by atoms with Crippen LogP contribution >= 0.6 is 19.0 Å². The summed E-state index contributed by atoms with van der Waals surface area (Å²) in [5.41, 5.74) is 5.04. The maximum absolute atomic E-state index is 10.3. The standard InChI is InChI=1S/C3H8NO3PS/c1-2-3(4)7-8(5,6)9/h2-3H,1,4H2,(H2,5,6,9). The fourth-order valence-corrected chi connectivity index (χ4v) is 0.931. The molecule has 3 N–H and O–H groups in total. The summed E-state index contributed by atoms with van der Waals surface area (Å²) in [6.45, 7) is -0.512. The molecule has 0 aliphatic heterocycles. The number of thiol groups is 1. The van der Waals surface area contributed by atoms with Gasteiger partial charge in [-0.2, -0.15) is 0 Å². The Kier molecular flexibility index (Phi) is 3.46. The molecule has 0 saturated heterocycles. The molecule has 0 aliphatic rings. The van der Waals surface area contributed by atoms with Crippen LogP contribution in [0.1, 0.15) is 0 Å². The molecule has 2 unspecified atom stereocenters. The zero-order valence-electron chi connectivity index (χ0n) is 4.60. The first-order valence-corrected chi connectivity index (χ1v) is 4.81. The number of rotatable bonds is 3. The summed E-state index contributed by atoms with van der Waals surface area (Å²) in [5, 5.41) is 0. The Balaban J connectivity index is 3.74. The summed E-state index contributed by atoms with van der Waals surface area (Å²) < 4.78 is 14.5. The van der Waals surface area contributed by atoms with E-state index in [9.17, 15) is 4.57 Å². The summed E-state index contributed by atoms with van der Waals surface area (Å²) >= 11 is 3.21. The van der Waals surface area contributed by atoms with Crippen molar-refractivity contribution in [2.45, 2.75) is 6.23 Å². The minimum absolute atomic E-state index is 0.932. The van der Waals surface area contributed by atoms with E-state index < -0.39 is 13.0 Å². The van der Waals surface area contributed by atoms with Gasteiger partial charge in [-0.25, -0.2) is 4.57 Å². The van der Waals surface area contributed by atoms with E-state index in [4.69, 9.17) is 10.6 Å². The summed E-state index contributed by atoms with van der Waals surface area (Å²) in [5.74, 6) is 0. The van der Waals surface area contributed by atoms with Crippen LogP contribution < -0.4 is 5.73 Å². The Bertz CT molecular complexity index is 144. The third-order valence-corrected chi connectivity index (χ3v) is 1.29. The van der Waals surface area contributed by atoms with Crippen LogP contribution in [-0.4, -0.2) is 11.1 Å². The first-order chi connectivity index (χ1) is 3.95. The van der Waals surface area contributed by atoms with Crippen LogP contribution in [0.3, 0.4) is 0 Å². The van der Waals surface area contributed by atoms with Gasteiger partial charge in [0.1, 0.15) is 6.23 Å². The molecule has 0 aliphatic carbocycles. The van der Waals surface area contributed by atoms with Crippen molar-refractivity contribution < 1.29 is 14.0 Å². The molecule has 4 nitrogen and oxygen atoms in total. The molecule has 2 atom stereocenters. The van der Waals surface area contributed by atoms with Gasteiger partial charge in [0.25, 0.3) is 0 Å². The lowest BCUT2D eigenvalue weighted by Gasteiger charge is -2.08. The first kappa shape index (κ1) is 9.20. The quantitative estimate of drug-likeness (QED) is 0.249. The third kappa shape index (κ3) is 6.08. The molecule has 6 heteroatoms. The second kappa shape index (κ2) is 3.39. The van der Waals surface area contributed by atoms with Crippen LogP contribution in [0, 0.1) is 0 Å². The van der Waals surface area contributed by atoms with E-state index in [0.717, 1.165) is 0 Å². The van der Waals surface area contributed by atoms with E-state index in [0.29, 0.717) is 0 Å². The highest BCUT2D eigenvalue weighted by molar-refractivity contribution is 8.44. The van der Waals surface area contributed by atoms with Gasteiger partial charge in [0.15, 0.2) is 0 Å². The van der Waals surface area contributed by atoms with Crippen LogP contribution in [0.15, 0.2) is 12.7 Å². The predicted molar refractivity (Wildman–Crippen MR) is 38.1 cm³/mol. The van der Waals surface area contributed by atoms with Crippen molar-refractivity contribution in [2.75, 3.05) is 0 Å². The molecular formula is C3H8NO3PS. The van der Waals surface area contributed by atoms with E-state index in [1.807, 2.05) is 0 Å². The largest absolute Gasteiger partial charge is 0.385 e. The fraction of sp³-hybridized carbons (Fsp3) is 0.333. The van der Waals surface area contributed by atoms with Crippen molar-refractivity contribution >= 4 is 19.0 Å². The second-order valence-electron chi connectivity index (χ2n) is 1.30. The zero-order valence-corrected chi connectivity index (χ0v) is 6.39. The molecule has 0 heterocycles. The van der Waals surface area contributed by atoms with E-state index in [2.05, 4.69) is 23.4 Å². The van der Waals surface area contributed by atoms with Gasteiger partial charge in [0.2, 0.25) is 0 Å². The Hall–Kier alpha value is 0.200. The molecule has 0 amide bonds. The summed E-state index contributed by atoms with van der Waals surface area (Å²) in [6, 6.07) is 0. The average Bonchev–Trinajstić information content (AvgIpc) is 1.62. The van der Waals surface area contributed by atoms with E-state index in [-0.39, 0.29) is 0 Å². The van der Waals surface area contributed by atoms with Crippen molar-refractivity contribution in [3.63, 3.8) is 0 Å². The maximum atomic E-state index is 10.3. The van der Waals surface area contributed by atoms with Crippen molar-refractivity contribution in [2.24, 2.45) is 5.73 Å². The van der Waals surface area contributed by atoms with Crippen LogP contribution in [0.4, 0.5) is 0 Å².